The Morgan fingerprint density at radius 2 is 1.65 bits per heavy atom. The maximum absolute atomic E-state index is 11.2. The number of rotatable bonds is 6. The summed E-state index contributed by atoms with van der Waals surface area (Å²) in [5, 5.41) is 0. The Morgan fingerprint density at radius 1 is 1.00 bits per heavy atom. The second-order valence-electron chi connectivity index (χ2n) is 4.71. The smallest absolute Gasteiger partial charge is 0.330 e. The van der Waals surface area contributed by atoms with Crippen molar-refractivity contribution in [1.29, 1.82) is 0 Å². The zero-order valence-corrected chi connectivity index (χ0v) is 11.7. The summed E-state index contributed by atoms with van der Waals surface area (Å²) in [5.41, 5.74) is 3.54. The molecule has 0 aliphatic rings. The van der Waals surface area contributed by atoms with Gasteiger partial charge in [-0.05, 0) is 41.0 Å². The molecule has 0 aromatic carbocycles. The molecule has 2 nitrogen and oxygen atoms in total. The highest BCUT2D eigenvalue weighted by Gasteiger charge is 1.97. The van der Waals surface area contributed by atoms with Crippen LogP contribution in [0.15, 0.2) is 34.9 Å². The van der Waals surface area contributed by atoms with Gasteiger partial charge in [-0.1, -0.05) is 28.9 Å². The molecule has 0 aliphatic carbocycles. The summed E-state index contributed by atoms with van der Waals surface area (Å²) in [6.45, 7) is 10.5. The summed E-state index contributed by atoms with van der Waals surface area (Å²) in [6.07, 6.45) is 7.62. The second-order valence-corrected chi connectivity index (χ2v) is 4.71. The van der Waals surface area contributed by atoms with Gasteiger partial charge in [0.15, 0.2) is 0 Å². The van der Waals surface area contributed by atoms with Gasteiger partial charge in [0.05, 0.1) is 6.61 Å². The van der Waals surface area contributed by atoms with Crippen molar-refractivity contribution in [3.8, 4) is 0 Å². The molecular weight excluding hydrogens is 212 g/mol. The fourth-order valence-electron chi connectivity index (χ4n) is 1.19. The summed E-state index contributed by atoms with van der Waals surface area (Å²) >= 11 is 0. The van der Waals surface area contributed by atoms with Gasteiger partial charge >= 0.3 is 5.97 Å². The van der Waals surface area contributed by atoms with Crippen molar-refractivity contribution in [2.45, 2.75) is 47.5 Å². The molecule has 0 bridgehead atoms. The molecule has 0 aromatic rings. The van der Waals surface area contributed by atoms with E-state index in [1.54, 1.807) is 0 Å². The van der Waals surface area contributed by atoms with E-state index >= 15 is 0 Å². The van der Waals surface area contributed by atoms with Crippen molar-refractivity contribution in [3.05, 3.63) is 34.9 Å². The van der Waals surface area contributed by atoms with E-state index in [-0.39, 0.29) is 5.97 Å². The third kappa shape index (κ3) is 11.0. The summed E-state index contributed by atoms with van der Waals surface area (Å²) < 4.78 is 5.08. The first-order valence-corrected chi connectivity index (χ1v) is 6.02. The number of carbonyl (C=O) groups is 1. The molecule has 0 fully saturated rings. The van der Waals surface area contributed by atoms with E-state index in [0.29, 0.717) is 6.61 Å². The largest absolute Gasteiger partial charge is 0.462 e. The highest BCUT2D eigenvalue weighted by atomic mass is 16.5. The predicted octanol–water partition coefficient (Wildman–Crippen LogP) is 4.19. The monoisotopic (exact) mass is 236 g/mol. The lowest BCUT2D eigenvalue weighted by Gasteiger charge is -2.02. The number of esters is 1. The van der Waals surface area contributed by atoms with Crippen molar-refractivity contribution in [3.63, 3.8) is 0 Å². The van der Waals surface area contributed by atoms with Crippen LogP contribution in [-0.2, 0) is 9.53 Å². The summed E-state index contributed by atoms with van der Waals surface area (Å²) in [5.74, 6) is -0.248. The van der Waals surface area contributed by atoms with Crippen LogP contribution in [0.1, 0.15) is 47.5 Å². The van der Waals surface area contributed by atoms with E-state index in [1.165, 1.54) is 17.2 Å². The maximum Gasteiger partial charge on any atom is 0.330 e. The zero-order valence-electron chi connectivity index (χ0n) is 11.7. The van der Waals surface area contributed by atoms with Crippen LogP contribution in [0.5, 0.6) is 0 Å². The van der Waals surface area contributed by atoms with Crippen molar-refractivity contribution in [1.82, 2.24) is 0 Å². The Morgan fingerprint density at radius 3 is 2.18 bits per heavy atom. The predicted molar refractivity (Wildman–Crippen MR) is 72.8 cm³/mol. The number of hydrogen-bond donors (Lipinski definition) is 0. The normalized spacial score (nSPS) is 10.8. The topological polar surface area (TPSA) is 26.3 Å². The number of allylic oxidation sites excluding steroid dienone is 4. The van der Waals surface area contributed by atoms with Crippen LogP contribution < -0.4 is 0 Å². The molecule has 96 valence electrons. The summed E-state index contributed by atoms with van der Waals surface area (Å²) in [7, 11) is 0. The Bertz CT molecular complexity index is 325. The van der Waals surface area contributed by atoms with Gasteiger partial charge in [-0.2, -0.15) is 0 Å². The van der Waals surface area contributed by atoms with Crippen LogP contribution in [-0.4, -0.2) is 12.6 Å². The van der Waals surface area contributed by atoms with E-state index in [4.69, 9.17) is 4.74 Å². The lowest BCUT2D eigenvalue weighted by atomic mass is 10.1. The van der Waals surface area contributed by atoms with E-state index in [9.17, 15) is 4.79 Å². The van der Waals surface area contributed by atoms with Crippen molar-refractivity contribution in [2.24, 2.45) is 0 Å². The second kappa shape index (κ2) is 8.80. The molecule has 0 aromatic heterocycles. The van der Waals surface area contributed by atoms with Gasteiger partial charge in [-0.25, -0.2) is 4.79 Å². The van der Waals surface area contributed by atoms with Gasteiger partial charge < -0.3 is 4.74 Å². The molecule has 0 unspecified atom stereocenters. The Kier molecular flexibility index (Phi) is 8.12. The van der Waals surface area contributed by atoms with Crippen molar-refractivity contribution in [2.75, 3.05) is 6.61 Å². The van der Waals surface area contributed by atoms with E-state index in [1.807, 2.05) is 13.8 Å². The summed E-state index contributed by atoms with van der Waals surface area (Å²) in [4.78, 5) is 11.2. The Hall–Kier alpha value is -1.31. The van der Waals surface area contributed by atoms with Gasteiger partial charge in [0.25, 0.3) is 0 Å². The van der Waals surface area contributed by atoms with Gasteiger partial charge in [0, 0.05) is 12.5 Å². The van der Waals surface area contributed by atoms with E-state index in [0.717, 1.165) is 18.4 Å². The van der Waals surface area contributed by atoms with Gasteiger partial charge in [-0.3, -0.25) is 0 Å². The highest BCUT2D eigenvalue weighted by molar-refractivity contribution is 5.82. The SMILES string of the molecule is CC(C)=CCC=C(C)CCOC(=O)C=C(C)C. The van der Waals surface area contributed by atoms with Crippen molar-refractivity contribution >= 4 is 5.97 Å². The minimum atomic E-state index is -0.248. The fourth-order valence-corrected chi connectivity index (χ4v) is 1.19. The molecule has 0 radical (unpaired) electrons. The van der Waals surface area contributed by atoms with Crippen LogP contribution in [0.4, 0.5) is 0 Å². The van der Waals surface area contributed by atoms with Crippen LogP contribution >= 0.6 is 0 Å². The van der Waals surface area contributed by atoms with Crippen LogP contribution in [0.3, 0.4) is 0 Å². The molecule has 0 saturated heterocycles. The quantitative estimate of drug-likeness (QED) is 0.393. The number of ether oxygens (including phenoxy) is 1. The van der Waals surface area contributed by atoms with Crippen molar-refractivity contribution < 1.29 is 9.53 Å². The molecule has 17 heavy (non-hydrogen) atoms. The zero-order chi connectivity index (χ0) is 13.3. The Labute approximate surface area is 105 Å². The first kappa shape index (κ1) is 15.7. The minimum Gasteiger partial charge on any atom is -0.462 e. The lowest BCUT2D eigenvalue weighted by Crippen LogP contribution is -2.03. The molecule has 0 saturated carbocycles. The molecule has 0 amide bonds. The molecule has 0 spiro atoms. The first-order valence-electron chi connectivity index (χ1n) is 6.02. The molecule has 0 rings (SSSR count). The molecule has 0 atom stereocenters. The Balaban J connectivity index is 3.85. The molecule has 0 N–H and O–H groups in total. The lowest BCUT2D eigenvalue weighted by molar-refractivity contribution is -0.137. The van der Waals surface area contributed by atoms with E-state index < -0.39 is 0 Å². The first-order chi connectivity index (χ1) is 7.91. The molecular formula is C15H24O2. The molecule has 2 heteroatoms. The standard InChI is InChI=1S/C15H24O2/c1-12(2)7-6-8-14(5)9-10-17-15(16)11-13(3)4/h7-8,11H,6,9-10H2,1-5H3. The number of hydrogen-bond acceptors (Lipinski definition) is 2. The highest BCUT2D eigenvalue weighted by Crippen LogP contribution is 2.04. The average Bonchev–Trinajstić information content (AvgIpc) is 2.15. The minimum absolute atomic E-state index is 0.248. The summed E-state index contributed by atoms with van der Waals surface area (Å²) in [6, 6.07) is 0. The number of carbonyl (C=O) groups excluding carboxylic acids is 1. The third-order valence-electron chi connectivity index (χ3n) is 2.14. The van der Waals surface area contributed by atoms with Crippen LogP contribution in [0, 0.1) is 0 Å². The molecule has 0 heterocycles. The van der Waals surface area contributed by atoms with Gasteiger partial charge in [0.1, 0.15) is 0 Å². The van der Waals surface area contributed by atoms with E-state index in [2.05, 4.69) is 32.9 Å². The van der Waals surface area contributed by atoms with Gasteiger partial charge in [-0.15, -0.1) is 0 Å². The maximum atomic E-state index is 11.2. The van der Waals surface area contributed by atoms with Crippen LogP contribution in [0.2, 0.25) is 0 Å². The van der Waals surface area contributed by atoms with Crippen LogP contribution in [0.25, 0.3) is 0 Å². The fraction of sp³-hybridized carbons (Fsp3) is 0.533. The third-order valence-corrected chi connectivity index (χ3v) is 2.14. The molecule has 0 aliphatic heterocycles. The van der Waals surface area contributed by atoms with Gasteiger partial charge in [0.2, 0.25) is 0 Å². The average molecular weight is 236 g/mol.